The molecule has 1 aromatic heterocycles. The topological polar surface area (TPSA) is 88.6 Å². The van der Waals surface area contributed by atoms with Gasteiger partial charge >= 0.3 is 12.4 Å². The van der Waals surface area contributed by atoms with E-state index in [9.17, 15) is 30.6 Å². The molecular weight excluding hydrogens is 624 g/mol. The first kappa shape index (κ1) is 36.1. The number of nitrogens with one attached hydrogen (secondary N) is 2. The van der Waals surface area contributed by atoms with Crippen LogP contribution in [0.3, 0.4) is 0 Å². The van der Waals surface area contributed by atoms with Crippen LogP contribution in [0.25, 0.3) is 10.9 Å². The summed E-state index contributed by atoms with van der Waals surface area (Å²) in [6, 6.07) is 10.8. The van der Waals surface area contributed by atoms with Crippen molar-refractivity contribution in [2.45, 2.75) is 56.8 Å². The first-order valence-electron chi connectivity index (χ1n) is 14.6. The van der Waals surface area contributed by atoms with Gasteiger partial charge in [-0.2, -0.15) is 31.3 Å². The molecule has 3 aromatic rings. The summed E-state index contributed by atoms with van der Waals surface area (Å²) in [5.41, 5.74) is 0.843. The molecule has 1 aliphatic rings. The lowest BCUT2D eigenvalue weighted by atomic mass is 9.82. The fourth-order valence-corrected chi connectivity index (χ4v) is 5.87. The molecule has 15 heteroatoms. The average Bonchev–Trinajstić information content (AvgIpc) is 3.01. The Labute approximate surface area is 261 Å². The SMILES string of the molecule is CC.CN(C)c1nc(NCC2CCC(CNS(=O)c3cc(OCC(F)(F)F)ccc3OCC(F)(F)F)CC2)nc2ccccc12. The van der Waals surface area contributed by atoms with Crippen LogP contribution in [0.2, 0.25) is 0 Å². The van der Waals surface area contributed by atoms with Crippen LogP contribution in [0, 0.1) is 11.8 Å². The molecule has 1 aliphatic carbocycles. The largest absolute Gasteiger partial charge is 0.484 e. The minimum absolute atomic E-state index is 0.154. The Morgan fingerprint density at radius 1 is 0.867 bits per heavy atom. The predicted octanol–water partition coefficient (Wildman–Crippen LogP) is 7.13. The van der Waals surface area contributed by atoms with Crippen LogP contribution < -0.4 is 24.4 Å². The molecule has 4 rings (SSSR count). The maximum absolute atomic E-state index is 13.0. The number of halogens is 6. The van der Waals surface area contributed by atoms with E-state index in [0.29, 0.717) is 25.0 Å². The highest BCUT2D eigenvalue weighted by atomic mass is 32.2. The van der Waals surface area contributed by atoms with Crippen LogP contribution in [0.15, 0.2) is 47.4 Å². The molecule has 45 heavy (non-hydrogen) atoms. The third-order valence-corrected chi connectivity index (χ3v) is 8.08. The number of ether oxygens (including phenoxy) is 2. The Hall–Kier alpha value is -3.33. The summed E-state index contributed by atoms with van der Waals surface area (Å²) in [6.45, 7) is 1.75. The first-order valence-corrected chi connectivity index (χ1v) is 15.8. The fraction of sp³-hybridized carbons (Fsp3) is 0.533. The highest BCUT2D eigenvalue weighted by Gasteiger charge is 2.31. The second-order valence-corrected chi connectivity index (χ2v) is 11.8. The van der Waals surface area contributed by atoms with Gasteiger partial charge in [0.25, 0.3) is 0 Å². The quantitative estimate of drug-likeness (QED) is 0.199. The molecule has 1 atom stereocenters. The maximum atomic E-state index is 13.0. The van der Waals surface area contributed by atoms with Gasteiger partial charge in [0.1, 0.15) is 28.3 Å². The monoisotopic (exact) mass is 663 g/mol. The van der Waals surface area contributed by atoms with Crippen molar-refractivity contribution in [1.29, 1.82) is 0 Å². The number of rotatable bonds is 12. The van der Waals surface area contributed by atoms with Crippen LogP contribution in [0.1, 0.15) is 39.5 Å². The van der Waals surface area contributed by atoms with E-state index in [4.69, 9.17) is 4.74 Å². The van der Waals surface area contributed by atoms with Crippen LogP contribution in [-0.2, 0) is 11.0 Å². The third kappa shape index (κ3) is 11.5. The summed E-state index contributed by atoms with van der Waals surface area (Å²) < 4.78 is 101. The standard InChI is InChI=1S/C28H33F6N5O3S.C2H6/c1-39(2)25-21-5-3-4-6-22(21)37-26(38-25)35-14-18-7-9-19(10-8-18)15-36-43(40)24-13-20(41-16-27(29,30)31)11-12-23(24)42-17-28(32,33)34;1-2/h3-6,11-13,18-19,36H,7-10,14-17H2,1-2H3,(H,35,37,38);1-2H3. The molecule has 0 radical (unpaired) electrons. The molecule has 8 nitrogen and oxygen atoms in total. The molecule has 0 spiro atoms. The van der Waals surface area contributed by atoms with E-state index in [-0.39, 0.29) is 22.3 Å². The third-order valence-electron chi connectivity index (χ3n) is 6.93. The number of fused-ring (bicyclic) bond motifs is 1. The molecule has 1 unspecified atom stereocenters. The Morgan fingerprint density at radius 2 is 1.47 bits per heavy atom. The fourth-order valence-electron chi connectivity index (χ4n) is 4.79. The van der Waals surface area contributed by atoms with Gasteiger partial charge in [-0.05, 0) is 61.8 Å². The van der Waals surface area contributed by atoms with Gasteiger partial charge in [0.2, 0.25) is 5.95 Å². The number of alkyl halides is 6. The van der Waals surface area contributed by atoms with Crippen LogP contribution in [0.4, 0.5) is 38.1 Å². The van der Waals surface area contributed by atoms with Crippen molar-refractivity contribution in [2.24, 2.45) is 11.8 Å². The van der Waals surface area contributed by atoms with Gasteiger partial charge in [0.15, 0.2) is 13.2 Å². The molecule has 2 N–H and O–H groups in total. The van der Waals surface area contributed by atoms with Crippen LogP contribution in [0.5, 0.6) is 11.5 Å². The van der Waals surface area contributed by atoms with Gasteiger partial charge in [-0.25, -0.2) is 13.9 Å². The van der Waals surface area contributed by atoms with E-state index in [0.717, 1.165) is 60.6 Å². The second-order valence-electron chi connectivity index (χ2n) is 10.6. The molecule has 2 aromatic carbocycles. The smallest absolute Gasteiger partial charge is 0.422 e. The Kier molecular flexibility index (Phi) is 13.1. The van der Waals surface area contributed by atoms with E-state index < -0.39 is 36.6 Å². The zero-order chi connectivity index (χ0) is 33.2. The molecule has 1 fully saturated rings. The highest BCUT2D eigenvalue weighted by Crippen LogP contribution is 2.32. The Bertz CT molecular complexity index is 1400. The summed E-state index contributed by atoms with van der Waals surface area (Å²) in [5, 5.41) is 4.31. The van der Waals surface area contributed by atoms with Gasteiger partial charge in [-0.15, -0.1) is 0 Å². The molecule has 1 heterocycles. The van der Waals surface area contributed by atoms with Gasteiger partial charge < -0.3 is 19.7 Å². The van der Waals surface area contributed by atoms with Crippen molar-refractivity contribution < 1.29 is 40.0 Å². The Balaban J connectivity index is 0.00000271. The number of aromatic nitrogens is 2. The van der Waals surface area contributed by atoms with Crippen LogP contribution in [-0.4, -0.2) is 66.9 Å². The zero-order valence-electron chi connectivity index (χ0n) is 25.6. The summed E-state index contributed by atoms with van der Waals surface area (Å²) in [4.78, 5) is 11.0. The van der Waals surface area contributed by atoms with E-state index in [1.54, 1.807) is 0 Å². The molecule has 0 saturated heterocycles. The van der Waals surface area contributed by atoms with Crippen molar-refractivity contribution in [3.05, 3.63) is 42.5 Å². The van der Waals surface area contributed by atoms with Gasteiger partial charge in [-0.1, -0.05) is 26.0 Å². The number of para-hydroxylation sites is 1. The minimum atomic E-state index is -4.65. The van der Waals surface area contributed by atoms with Crippen molar-refractivity contribution in [1.82, 2.24) is 14.7 Å². The summed E-state index contributed by atoms with van der Waals surface area (Å²) in [6.07, 6.45) is -5.84. The average molecular weight is 664 g/mol. The van der Waals surface area contributed by atoms with Crippen molar-refractivity contribution >= 4 is 33.7 Å². The first-order chi connectivity index (χ1) is 21.3. The number of hydrogen-bond donors (Lipinski definition) is 2. The van der Waals surface area contributed by atoms with E-state index in [2.05, 4.69) is 24.7 Å². The number of nitrogens with zero attached hydrogens (tertiary/aromatic N) is 3. The van der Waals surface area contributed by atoms with Crippen LogP contribution >= 0.6 is 0 Å². The van der Waals surface area contributed by atoms with Gasteiger partial charge in [0.05, 0.1) is 10.4 Å². The molecular formula is C30H39F6N5O3S. The summed E-state index contributed by atoms with van der Waals surface area (Å²) >= 11 is 0. The number of hydrogen-bond acceptors (Lipinski definition) is 7. The van der Waals surface area contributed by atoms with Gasteiger partial charge in [0, 0.05) is 38.6 Å². The maximum Gasteiger partial charge on any atom is 0.422 e. The van der Waals surface area contributed by atoms with Gasteiger partial charge in [-0.3, -0.25) is 0 Å². The van der Waals surface area contributed by atoms with Crippen molar-refractivity contribution in [2.75, 3.05) is 50.6 Å². The molecule has 1 saturated carbocycles. The number of anilines is 2. The lowest BCUT2D eigenvalue weighted by Crippen LogP contribution is -2.30. The lowest BCUT2D eigenvalue weighted by molar-refractivity contribution is -0.154. The summed E-state index contributed by atoms with van der Waals surface area (Å²) in [5.74, 6) is 1.24. The molecule has 0 aliphatic heterocycles. The minimum Gasteiger partial charge on any atom is -0.484 e. The van der Waals surface area contributed by atoms with Crippen molar-refractivity contribution in [3.63, 3.8) is 0 Å². The van der Waals surface area contributed by atoms with Crippen molar-refractivity contribution in [3.8, 4) is 11.5 Å². The lowest BCUT2D eigenvalue weighted by Gasteiger charge is -2.29. The normalized spacial score (nSPS) is 17.6. The Morgan fingerprint density at radius 3 is 2.09 bits per heavy atom. The highest BCUT2D eigenvalue weighted by molar-refractivity contribution is 7.83. The predicted molar refractivity (Wildman–Crippen MR) is 163 cm³/mol. The second kappa shape index (κ2) is 16.3. The zero-order valence-corrected chi connectivity index (χ0v) is 26.4. The molecule has 0 bridgehead atoms. The number of benzene rings is 2. The summed E-state index contributed by atoms with van der Waals surface area (Å²) in [7, 11) is 1.80. The molecule has 250 valence electrons. The van der Waals surface area contributed by atoms with E-state index in [1.807, 2.05) is 57.1 Å². The molecule has 0 amide bonds. The van der Waals surface area contributed by atoms with E-state index in [1.165, 1.54) is 0 Å². The van der Waals surface area contributed by atoms with E-state index >= 15 is 0 Å².